The first-order chi connectivity index (χ1) is 14.9. The first-order valence-electron chi connectivity index (χ1n) is 9.81. The first kappa shape index (κ1) is 23.1. The fraction of sp³-hybridized carbons (Fsp3) is 0.167. The number of anilines is 1. The molecule has 3 aromatic rings. The molecule has 0 aliphatic heterocycles. The van der Waals surface area contributed by atoms with Gasteiger partial charge in [-0.3, -0.25) is 10.1 Å². The highest BCUT2D eigenvalue weighted by atomic mass is 35.5. The van der Waals surface area contributed by atoms with Crippen LogP contribution in [-0.2, 0) is 4.79 Å². The zero-order valence-electron chi connectivity index (χ0n) is 17.1. The molecule has 1 unspecified atom stereocenters. The summed E-state index contributed by atoms with van der Waals surface area (Å²) in [6, 6.07) is 16.6. The van der Waals surface area contributed by atoms with Gasteiger partial charge in [0.2, 0.25) is 5.91 Å². The maximum absolute atomic E-state index is 12.3. The number of halogens is 2. The summed E-state index contributed by atoms with van der Waals surface area (Å²) in [5.74, 6) is 1.11. The third-order valence-electron chi connectivity index (χ3n) is 4.81. The Labute approximate surface area is 197 Å². The van der Waals surface area contributed by atoms with E-state index in [0.717, 1.165) is 23.2 Å². The molecule has 4 nitrogen and oxygen atoms in total. The molecular weight excluding hydrogens is 451 g/mol. The van der Waals surface area contributed by atoms with Crippen LogP contribution in [-0.4, -0.2) is 11.0 Å². The minimum Gasteiger partial charge on any atom is -0.457 e. The van der Waals surface area contributed by atoms with E-state index in [9.17, 15) is 4.79 Å². The summed E-state index contributed by atoms with van der Waals surface area (Å²) in [6.45, 7) is 4.28. The van der Waals surface area contributed by atoms with Crippen molar-refractivity contribution < 1.29 is 9.21 Å². The monoisotopic (exact) mass is 472 g/mol. The number of hydrogen-bond acceptors (Lipinski definition) is 3. The molecule has 0 saturated heterocycles. The van der Waals surface area contributed by atoms with Gasteiger partial charge in [-0.1, -0.05) is 55.2 Å². The molecule has 0 aliphatic carbocycles. The van der Waals surface area contributed by atoms with E-state index in [-0.39, 0.29) is 11.0 Å². The van der Waals surface area contributed by atoms with Gasteiger partial charge < -0.3 is 9.73 Å². The number of thiocarbonyl (C=S) groups is 1. The van der Waals surface area contributed by atoms with Crippen molar-refractivity contribution in [3.8, 4) is 11.3 Å². The lowest BCUT2D eigenvalue weighted by Crippen LogP contribution is -2.33. The Morgan fingerprint density at radius 3 is 2.68 bits per heavy atom. The number of amides is 1. The van der Waals surface area contributed by atoms with Crippen molar-refractivity contribution in [2.45, 2.75) is 26.2 Å². The maximum atomic E-state index is 12.3. The third kappa shape index (κ3) is 6.20. The van der Waals surface area contributed by atoms with Crippen molar-refractivity contribution >= 4 is 58.2 Å². The molecule has 3 rings (SSSR count). The summed E-state index contributed by atoms with van der Waals surface area (Å²) in [4.78, 5) is 12.3. The molecule has 0 radical (unpaired) electrons. The van der Waals surface area contributed by atoms with Gasteiger partial charge in [0.15, 0.2) is 5.11 Å². The molecule has 31 heavy (non-hydrogen) atoms. The minimum atomic E-state index is -0.360. The van der Waals surface area contributed by atoms with Gasteiger partial charge in [-0.2, -0.15) is 0 Å². The van der Waals surface area contributed by atoms with E-state index < -0.39 is 0 Å². The van der Waals surface area contributed by atoms with Gasteiger partial charge in [-0.15, -0.1) is 0 Å². The third-order valence-corrected chi connectivity index (χ3v) is 5.56. The van der Waals surface area contributed by atoms with E-state index >= 15 is 0 Å². The molecule has 0 bridgehead atoms. The van der Waals surface area contributed by atoms with Gasteiger partial charge >= 0.3 is 0 Å². The highest BCUT2D eigenvalue weighted by molar-refractivity contribution is 7.80. The Kier molecular flexibility index (Phi) is 7.91. The van der Waals surface area contributed by atoms with E-state index in [2.05, 4.69) is 30.5 Å². The van der Waals surface area contributed by atoms with Crippen LogP contribution in [0.3, 0.4) is 0 Å². The molecular formula is C24H22Cl2N2O2S. The fourth-order valence-corrected chi connectivity index (χ4v) is 3.71. The van der Waals surface area contributed by atoms with Gasteiger partial charge in [0.1, 0.15) is 11.5 Å². The topological polar surface area (TPSA) is 54.3 Å². The normalized spacial score (nSPS) is 12.0. The van der Waals surface area contributed by atoms with Crippen molar-refractivity contribution in [3.05, 3.63) is 82.0 Å². The van der Waals surface area contributed by atoms with E-state index in [1.807, 2.05) is 18.2 Å². The number of benzene rings is 2. The number of rotatable bonds is 6. The average molecular weight is 473 g/mol. The molecule has 2 N–H and O–H groups in total. The number of furan rings is 1. The molecule has 0 aliphatic rings. The SMILES string of the molecule is CCC(C)c1ccccc1NC(=S)NC(=O)/C=C/c1ccc(-c2ccc(Cl)cc2Cl)o1. The fourth-order valence-electron chi connectivity index (χ4n) is 3.00. The summed E-state index contributed by atoms with van der Waals surface area (Å²) in [7, 11) is 0. The van der Waals surface area contributed by atoms with E-state index in [0.29, 0.717) is 27.5 Å². The molecule has 0 spiro atoms. The first-order valence-corrected chi connectivity index (χ1v) is 11.0. The lowest BCUT2D eigenvalue weighted by atomic mass is 9.97. The number of nitrogens with one attached hydrogen (secondary N) is 2. The van der Waals surface area contributed by atoms with Crippen LogP contribution in [0.1, 0.15) is 37.5 Å². The predicted octanol–water partition coefficient (Wildman–Crippen LogP) is 7.29. The maximum Gasteiger partial charge on any atom is 0.250 e. The lowest BCUT2D eigenvalue weighted by molar-refractivity contribution is -0.115. The summed E-state index contributed by atoms with van der Waals surface area (Å²) >= 11 is 17.4. The highest BCUT2D eigenvalue weighted by Gasteiger charge is 2.11. The van der Waals surface area contributed by atoms with Gasteiger partial charge in [-0.05, 0) is 72.6 Å². The average Bonchev–Trinajstić information content (AvgIpc) is 3.20. The van der Waals surface area contributed by atoms with Crippen molar-refractivity contribution in [3.63, 3.8) is 0 Å². The van der Waals surface area contributed by atoms with Crippen LogP contribution in [0, 0.1) is 0 Å². The molecule has 0 fully saturated rings. The molecule has 1 atom stereocenters. The Morgan fingerprint density at radius 1 is 1.16 bits per heavy atom. The molecule has 160 valence electrons. The molecule has 2 aromatic carbocycles. The van der Waals surface area contributed by atoms with Crippen molar-refractivity contribution in [2.24, 2.45) is 0 Å². The lowest BCUT2D eigenvalue weighted by Gasteiger charge is -2.16. The van der Waals surface area contributed by atoms with Crippen molar-refractivity contribution in [1.29, 1.82) is 0 Å². The summed E-state index contributed by atoms with van der Waals surface area (Å²) in [6.07, 6.45) is 3.94. The van der Waals surface area contributed by atoms with Crippen LogP contribution < -0.4 is 10.6 Å². The molecule has 1 aromatic heterocycles. The summed E-state index contributed by atoms with van der Waals surface area (Å²) < 4.78 is 5.75. The smallest absolute Gasteiger partial charge is 0.250 e. The van der Waals surface area contributed by atoms with Gasteiger partial charge in [-0.25, -0.2) is 0 Å². The Balaban J connectivity index is 1.61. The molecule has 0 saturated carbocycles. The van der Waals surface area contributed by atoms with E-state index in [1.54, 1.807) is 36.4 Å². The zero-order valence-corrected chi connectivity index (χ0v) is 19.4. The largest absolute Gasteiger partial charge is 0.457 e. The van der Waals surface area contributed by atoms with Crippen LogP contribution in [0.15, 0.2) is 65.1 Å². The predicted molar refractivity (Wildman–Crippen MR) is 133 cm³/mol. The highest BCUT2D eigenvalue weighted by Crippen LogP contribution is 2.31. The second kappa shape index (κ2) is 10.6. The van der Waals surface area contributed by atoms with E-state index in [4.69, 9.17) is 39.8 Å². The van der Waals surface area contributed by atoms with Gasteiger partial charge in [0, 0.05) is 22.3 Å². The van der Waals surface area contributed by atoms with Crippen LogP contribution in [0.2, 0.25) is 10.0 Å². The standard InChI is InChI=1S/C24H22Cl2N2O2S/c1-3-15(2)18-6-4-5-7-21(18)27-24(31)28-23(29)13-10-17-9-12-22(30-17)19-11-8-16(25)14-20(19)26/h4-15H,3H2,1-2H3,(H2,27,28,29,31)/b13-10+. The summed E-state index contributed by atoms with van der Waals surface area (Å²) in [5, 5.41) is 7.04. The Bertz CT molecular complexity index is 1120. The van der Waals surface area contributed by atoms with Crippen LogP contribution in [0.5, 0.6) is 0 Å². The minimum absolute atomic E-state index is 0.235. The van der Waals surface area contributed by atoms with E-state index in [1.165, 1.54) is 6.08 Å². The molecule has 7 heteroatoms. The Hall–Kier alpha value is -2.60. The van der Waals surface area contributed by atoms with Gasteiger partial charge in [0.05, 0.1) is 5.02 Å². The molecule has 1 amide bonds. The van der Waals surface area contributed by atoms with Crippen LogP contribution in [0.4, 0.5) is 5.69 Å². The van der Waals surface area contributed by atoms with Crippen LogP contribution in [0.25, 0.3) is 17.4 Å². The van der Waals surface area contributed by atoms with Crippen LogP contribution >= 0.6 is 35.4 Å². The molecule has 1 heterocycles. The van der Waals surface area contributed by atoms with Gasteiger partial charge in [0.25, 0.3) is 0 Å². The quantitative estimate of drug-likeness (QED) is 0.292. The van der Waals surface area contributed by atoms with Crippen molar-refractivity contribution in [2.75, 3.05) is 5.32 Å². The number of hydrogen-bond donors (Lipinski definition) is 2. The zero-order chi connectivity index (χ0) is 22.4. The van der Waals surface area contributed by atoms with Crippen molar-refractivity contribution in [1.82, 2.24) is 5.32 Å². The number of para-hydroxylation sites is 1. The Morgan fingerprint density at radius 2 is 1.94 bits per heavy atom. The summed E-state index contributed by atoms with van der Waals surface area (Å²) in [5.41, 5.74) is 2.77. The second-order valence-electron chi connectivity index (χ2n) is 7.00. The number of carbonyl (C=O) groups excluding carboxylic acids is 1. The number of carbonyl (C=O) groups is 1. The second-order valence-corrected chi connectivity index (χ2v) is 8.25.